The fourth-order valence-corrected chi connectivity index (χ4v) is 1.55. The number of benzene rings is 1. The van der Waals surface area contributed by atoms with Crippen LogP contribution in [0.2, 0.25) is 0 Å². The maximum atomic E-state index is 11.6. The molecule has 0 spiro atoms. The van der Waals surface area contributed by atoms with Gasteiger partial charge in [0.15, 0.2) is 0 Å². The van der Waals surface area contributed by atoms with Crippen molar-refractivity contribution in [2.24, 2.45) is 5.92 Å². The molecular formula is C14H22N4O2. The number of nitrogen functional groups attached to an aromatic ring is 1. The highest BCUT2D eigenvalue weighted by Gasteiger charge is 2.08. The van der Waals surface area contributed by atoms with Gasteiger partial charge >= 0.3 is 0 Å². The van der Waals surface area contributed by atoms with Crippen molar-refractivity contribution in [3.63, 3.8) is 0 Å². The van der Waals surface area contributed by atoms with Gasteiger partial charge in [0.05, 0.1) is 17.9 Å². The predicted molar refractivity (Wildman–Crippen MR) is 80.6 cm³/mol. The first-order chi connectivity index (χ1) is 9.43. The number of nitrogens with one attached hydrogen (secondary N) is 3. The summed E-state index contributed by atoms with van der Waals surface area (Å²) in [5.41, 5.74) is 7.38. The maximum absolute atomic E-state index is 11.6. The lowest BCUT2D eigenvalue weighted by Gasteiger charge is -2.12. The Labute approximate surface area is 119 Å². The van der Waals surface area contributed by atoms with Crippen molar-refractivity contribution in [3.8, 4) is 0 Å². The summed E-state index contributed by atoms with van der Waals surface area (Å²) in [5, 5.41) is 8.28. The smallest absolute Gasteiger partial charge is 0.251 e. The average Bonchev–Trinajstić information content (AvgIpc) is 2.43. The number of anilines is 2. The van der Waals surface area contributed by atoms with E-state index in [1.54, 1.807) is 25.2 Å². The van der Waals surface area contributed by atoms with Crippen LogP contribution in [0.3, 0.4) is 0 Å². The minimum Gasteiger partial charge on any atom is -0.397 e. The van der Waals surface area contributed by atoms with Crippen molar-refractivity contribution in [2.75, 3.05) is 31.2 Å². The first kappa shape index (κ1) is 15.8. The van der Waals surface area contributed by atoms with Crippen LogP contribution in [-0.4, -0.2) is 32.0 Å². The van der Waals surface area contributed by atoms with Crippen molar-refractivity contribution in [1.82, 2.24) is 10.6 Å². The minimum atomic E-state index is -0.197. The Balaban J connectivity index is 2.63. The van der Waals surface area contributed by atoms with Crippen molar-refractivity contribution in [3.05, 3.63) is 23.8 Å². The second-order valence-corrected chi connectivity index (χ2v) is 4.93. The van der Waals surface area contributed by atoms with Gasteiger partial charge < -0.3 is 21.7 Å². The SMILES string of the molecule is CNC(=O)c1ccc(N)c(NCC(=O)NCC(C)C)c1. The van der Waals surface area contributed by atoms with Gasteiger partial charge in [-0.25, -0.2) is 0 Å². The molecule has 0 aliphatic heterocycles. The fraction of sp³-hybridized carbons (Fsp3) is 0.429. The summed E-state index contributed by atoms with van der Waals surface area (Å²) in [6.45, 7) is 4.81. The Bertz CT molecular complexity index is 486. The van der Waals surface area contributed by atoms with E-state index in [2.05, 4.69) is 16.0 Å². The number of carbonyl (C=O) groups excluding carboxylic acids is 2. The van der Waals surface area contributed by atoms with Gasteiger partial charge in [0.25, 0.3) is 5.91 Å². The first-order valence-electron chi connectivity index (χ1n) is 6.56. The monoisotopic (exact) mass is 278 g/mol. The molecule has 2 amide bonds. The molecule has 0 saturated heterocycles. The number of rotatable bonds is 6. The Kier molecular flexibility index (Phi) is 5.83. The van der Waals surface area contributed by atoms with E-state index in [0.717, 1.165) is 0 Å². The number of nitrogens with two attached hydrogens (primary N) is 1. The summed E-state index contributed by atoms with van der Waals surface area (Å²) >= 11 is 0. The zero-order valence-electron chi connectivity index (χ0n) is 12.1. The lowest BCUT2D eigenvalue weighted by Crippen LogP contribution is -2.32. The molecule has 20 heavy (non-hydrogen) atoms. The standard InChI is InChI=1S/C14H22N4O2/c1-9(2)7-18-13(19)8-17-12-6-10(14(20)16-3)4-5-11(12)15/h4-6,9,17H,7-8,15H2,1-3H3,(H,16,20)(H,18,19). The number of amides is 2. The molecule has 0 fully saturated rings. The molecule has 6 nitrogen and oxygen atoms in total. The molecule has 6 heteroatoms. The van der Waals surface area contributed by atoms with E-state index in [4.69, 9.17) is 5.73 Å². The molecule has 110 valence electrons. The highest BCUT2D eigenvalue weighted by atomic mass is 16.2. The third kappa shape index (κ3) is 4.79. The zero-order chi connectivity index (χ0) is 15.1. The van der Waals surface area contributed by atoms with Crippen molar-refractivity contribution < 1.29 is 9.59 Å². The molecule has 0 atom stereocenters. The molecule has 0 aliphatic carbocycles. The van der Waals surface area contributed by atoms with Gasteiger partial charge in [-0.3, -0.25) is 9.59 Å². The molecule has 0 aromatic heterocycles. The van der Waals surface area contributed by atoms with Gasteiger partial charge in [-0.2, -0.15) is 0 Å². The molecule has 1 aromatic rings. The topological polar surface area (TPSA) is 96.2 Å². The summed E-state index contributed by atoms with van der Waals surface area (Å²) in [7, 11) is 1.56. The summed E-state index contributed by atoms with van der Waals surface area (Å²) in [6.07, 6.45) is 0. The highest BCUT2D eigenvalue weighted by Crippen LogP contribution is 2.19. The van der Waals surface area contributed by atoms with E-state index in [0.29, 0.717) is 29.4 Å². The molecular weight excluding hydrogens is 256 g/mol. The van der Waals surface area contributed by atoms with Crippen molar-refractivity contribution >= 4 is 23.2 Å². The van der Waals surface area contributed by atoms with Gasteiger partial charge in [-0.1, -0.05) is 13.8 Å². The van der Waals surface area contributed by atoms with Gasteiger partial charge in [0.2, 0.25) is 5.91 Å². The Morgan fingerprint density at radius 2 is 2.00 bits per heavy atom. The largest absolute Gasteiger partial charge is 0.397 e. The van der Waals surface area contributed by atoms with Crippen LogP contribution in [0.1, 0.15) is 24.2 Å². The van der Waals surface area contributed by atoms with Crippen LogP contribution in [0.5, 0.6) is 0 Å². The number of carbonyl (C=O) groups is 2. The molecule has 0 heterocycles. The summed E-state index contributed by atoms with van der Waals surface area (Å²) in [4.78, 5) is 23.1. The molecule has 1 aromatic carbocycles. The number of hydrogen-bond donors (Lipinski definition) is 4. The summed E-state index contributed by atoms with van der Waals surface area (Å²) in [5.74, 6) is 0.0985. The van der Waals surface area contributed by atoms with Gasteiger partial charge in [0, 0.05) is 19.2 Å². The minimum absolute atomic E-state index is 0.108. The van der Waals surface area contributed by atoms with Crippen LogP contribution in [0.15, 0.2) is 18.2 Å². The average molecular weight is 278 g/mol. The van der Waals surface area contributed by atoms with E-state index in [1.165, 1.54) is 0 Å². The first-order valence-corrected chi connectivity index (χ1v) is 6.56. The Morgan fingerprint density at radius 1 is 1.30 bits per heavy atom. The van der Waals surface area contributed by atoms with E-state index in [1.807, 2.05) is 13.8 Å². The lowest BCUT2D eigenvalue weighted by atomic mass is 10.1. The summed E-state index contributed by atoms with van der Waals surface area (Å²) < 4.78 is 0. The summed E-state index contributed by atoms with van der Waals surface area (Å²) in [6, 6.07) is 4.90. The van der Waals surface area contributed by atoms with Gasteiger partial charge in [0.1, 0.15) is 0 Å². The maximum Gasteiger partial charge on any atom is 0.251 e. The van der Waals surface area contributed by atoms with Gasteiger partial charge in [-0.05, 0) is 24.1 Å². The van der Waals surface area contributed by atoms with Crippen molar-refractivity contribution in [1.29, 1.82) is 0 Å². The molecule has 5 N–H and O–H groups in total. The van der Waals surface area contributed by atoms with E-state index >= 15 is 0 Å². The van der Waals surface area contributed by atoms with E-state index in [9.17, 15) is 9.59 Å². The van der Waals surface area contributed by atoms with E-state index < -0.39 is 0 Å². The highest BCUT2D eigenvalue weighted by molar-refractivity contribution is 5.96. The molecule has 0 aliphatic rings. The van der Waals surface area contributed by atoms with Crippen LogP contribution < -0.4 is 21.7 Å². The molecule has 0 saturated carbocycles. The second-order valence-electron chi connectivity index (χ2n) is 4.93. The molecule has 0 radical (unpaired) electrons. The second kappa shape index (κ2) is 7.37. The molecule has 1 rings (SSSR count). The van der Waals surface area contributed by atoms with Crippen LogP contribution in [0.25, 0.3) is 0 Å². The van der Waals surface area contributed by atoms with Gasteiger partial charge in [-0.15, -0.1) is 0 Å². The lowest BCUT2D eigenvalue weighted by molar-refractivity contribution is -0.119. The molecule has 0 unspecified atom stereocenters. The Hall–Kier alpha value is -2.24. The van der Waals surface area contributed by atoms with Crippen LogP contribution in [0.4, 0.5) is 11.4 Å². The third-order valence-electron chi connectivity index (χ3n) is 2.69. The zero-order valence-corrected chi connectivity index (χ0v) is 12.1. The van der Waals surface area contributed by atoms with E-state index in [-0.39, 0.29) is 18.4 Å². The fourth-order valence-electron chi connectivity index (χ4n) is 1.55. The van der Waals surface area contributed by atoms with Crippen LogP contribution in [0, 0.1) is 5.92 Å². The molecule has 0 bridgehead atoms. The third-order valence-corrected chi connectivity index (χ3v) is 2.69. The van der Waals surface area contributed by atoms with Crippen LogP contribution >= 0.6 is 0 Å². The number of hydrogen-bond acceptors (Lipinski definition) is 4. The van der Waals surface area contributed by atoms with Crippen molar-refractivity contribution in [2.45, 2.75) is 13.8 Å². The predicted octanol–water partition coefficient (Wildman–Crippen LogP) is 0.813. The quantitative estimate of drug-likeness (QED) is 0.579. The Morgan fingerprint density at radius 3 is 2.60 bits per heavy atom. The normalized spacial score (nSPS) is 10.2. The van der Waals surface area contributed by atoms with Crippen LogP contribution in [-0.2, 0) is 4.79 Å².